The molecule has 1 heterocycles. The van der Waals surface area contributed by atoms with E-state index in [1.807, 2.05) is 13.2 Å². The Hall–Kier alpha value is -0.220. The fourth-order valence-corrected chi connectivity index (χ4v) is 1.29. The third kappa shape index (κ3) is 1.27. The van der Waals surface area contributed by atoms with E-state index in [0.717, 1.165) is 6.42 Å². The van der Waals surface area contributed by atoms with E-state index in [2.05, 4.69) is 5.48 Å². The summed E-state index contributed by atoms with van der Waals surface area (Å²) in [5.41, 5.74) is 2.36. The van der Waals surface area contributed by atoms with Gasteiger partial charge in [-0.05, 0) is 19.6 Å². The van der Waals surface area contributed by atoms with Gasteiger partial charge in [-0.15, -0.1) is 11.8 Å². The van der Waals surface area contributed by atoms with Crippen LogP contribution in [0.2, 0.25) is 0 Å². The Balaban J connectivity index is 2.63. The quantitative estimate of drug-likeness (QED) is 0.610. The molecular formula is C6H11NO2S. The van der Waals surface area contributed by atoms with Crippen molar-refractivity contribution in [1.29, 1.82) is 0 Å². The Labute approximate surface area is 64.5 Å². The summed E-state index contributed by atoms with van der Waals surface area (Å²) in [6.45, 7) is 2.54. The second-order valence-corrected chi connectivity index (χ2v) is 3.77. The highest BCUT2D eigenvalue weighted by atomic mass is 32.2. The highest BCUT2D eigenvalue weighted by Crippen LogP contribution is 2.28. The van der Waals surface area contributed by atoms with Crippen molar-refractivity contribution >= 4 is 17.7 Å². The minimum atomic E-state index is -0.280. The Bertz CT molecular complexity index is 151. The van der Waals surface area contributed by atoms with Crippen LogP contribution >= 0.6 is 11.8 Å². The Morgan fingerprint density at radius 3 is 2.90 bits per heavy atom. The first kappa shape index (κ1) is 7.88. The zero-order valence-electron chi connectivity index (χ0n) is 6.14. The van der Waals surface area contributed by atoms with Gasteiger partial charge in [-0.1, -0.05) is 0 Å². The predicted molar refractivity (Wildman–Crippen MR) is 40.6 cm³/mol. The molecule has 0 aromatic carbocycles. The number of carbonyl (C=O) groups excluding carboxylic acids is 1. The monoisotopic (exact) mass is 161 g/mol. The summed E-state index contributed by atoms with van der Waals surface area (Å²) in [5.74, 6) is -0.0220. The van der Waals surface area contributed by atoms with Crippen LogP contribution in [0.5, 0.6) is 0 Å². The molecule has 1 fully saturated rings. The maximum atomic E-state index is 11.1. The molecule has 1 rings (SSSR count). The molecule has 0 radical (unpaired) electrons. The van der Waals surface area contributed by atoms with Gasteiger partial charge in [0.05, 0.1) is 11.4 Å². The third-order valence-corrected chi connectivity index (χ3v) is 3.07. The molecule has 0 bridgehead atoms. The normalized spacial score (nSPS) is 33.6. The van der Waals surface area contributed by atoms with Crippen LogP contribution in [-0.2, 0) is 9.63 Å². The van der Waals surface area contributed by atoms with Gasteiger partial charge in [0.25, 0.3) is 5.91 Å². The van der Waals surface area contributed by atoms with E-state index in [1.165, 1.54) is 0 Å². The molecule has 0 aromatic heterocycles. The van der Waals surface area contributed by atoms with Gasteiger partial charge in [0.1, 0.15) is 0 Å². The summed E-state index contributed by atoms with van der Waals surface area (Å²) in [6.07, 6.45) is 2.73. The molecule has 1 amide bonds. The molecule has 0 aromatic rings. The lowest BCUT2D eigenvalue weighted by Crippen LogP contribution is -2.47. The minimum Gasteiger partial charge on any atom is -0.274 e. The van der Waals surface area contributed by atoms with E-state index in [4.69, 9.17) is 4.84 Å². The highest BCUT2D eigenvalue weighted by molar-refractivity contribution is 8.00. The van der Waals surface area contributed by atoms with Gasteiger partial charge in [0, 0.05) is 0 Å². The van der Waals surface area contributed by atoms with Crippen molar-refractivity contribution in [3.63, 3.8) is 0 Å². The topological polar surface area (TPSA) is 38.3 Å². The summed E-state index contributed by atoms with van der Waals surface area (Å²) in [4.78, 5) is 15.9. The Kier molecular flexibility index (Phi) is 2.21. The van der Waals surface area contributed by atoms with Crippen LogP contribution in [0.1, 0.15) is 13.3 Å². The lowest BCUT2D eigenvalue weighted by molar-refractivity contribution is -0.142. The van der Waals surface area contributed by atoms with E-state index in [9.17, 15) is 4.79 Å². The van der Waals surface area contributed by atoms with Crippen molar-refractivity contribution in [3.05, 3.63) is 0 Å². The zero-order valence-corrected chi connectivity index (χ0v) is 6.96. The largest absolute Gasteiger partial charge is 0.274 e. The molecule has 1 saturated heterocycles. The van der Waals surface area contributed by atoms with Crippen LogP contribution in [0.25, 0.3) is 0 Å². The number of amides is 1. The van der Waals surface area contributed by atoms with E-state index in [1.54, 1.807) is 11.8 Å². The first-order valence-corrected chi connectivity index (χ1v) is 4.39. The smallest absolute Gasteiger partial charge is 0.259 e. The van der Waals surface area contributed by atoms with Gasteiger partial charge < -0.3 is 0 Å². The SMILES string of the molecule is CSC1(C)CCONC1=O. The summed E-state index contributed by atoms with van der Waals surface area (Å²) in [5, 5.41) is 0. The summed E-state index contributed by atoms with van der Waals surface area (Å²) < 4.78 is -0.280. The number of rotatable bonds is 1. The second-order valence-electron chi connectivity index (χ2n) is 2.46. The van der Waals surface area contributed by atoms with Crippen LogP contribution in [0, 0.1) is 0 Å². The van der Waals surface area contributed by atoms with Crippen molar-refractivity contribution in [1.82, 2.24) is 5.48 Å². The fourth-order valence-electron chi connectivity index (χ4n) is 0.779. The second kappa shape index (κ2) is 2.80. The molecule has 10 heavy (non-hydrogen) atoms. The van der Waals surface area contributed by atoms with Crippen molar-refractivity contribution < 1.29 is 9.63 Å². The van der Waals surface area contributed by atoms with E-state index < -0.39 is 0 Å². The van der Waals surface area contributed by atoms with Crippen molar-refractivity contribution in [2.75, 3.05) is 12.9 Å². The minimum absolute atomic E-state index is 0.0220. The number of hydrogen-bond donors (Lipinski definition) is 1. The molecule has 3 nitrogen and oxygen atoms in total. The Morgan fingerprint density at radius 1 is 1.80 bits per heavy atom. The average Bonchev–Trinajstić information content (AvgIpc) is 1.96. The van der Waals surface area contributed by atoms with Crippen molar-refractivity contribution in [3.8, 4) is 0 Å². The molecule has 1 atom stereocenters. The molecule has 58 valence electrons. The lowest BCUT2D eigenvalue weighted by atomic mass is 10.1. The maximum Gasteiger partial charge on any atom is 0.259 e. The van der Waals surface area contributed by atoms with Gasteiger partial charge in [-0.2, -0.15) is 0 Å². The summed E-state index contributed by atoms with van der Waals surface area (Å²) in [7, 11) is 0. The summed E-state index contributed by atoms with van der Waals surface area (Å²) >= 11 is 1.56. The number of hydrogen-bond acceptors (Lipinski definition) is 3. The third-order valence-electron chi connectivity index (χ3n) is 1.78. The molecule has 4 heteroatoms. The van der Waals surface area contributed by atoms with Crippen LogP contribution in [0.3, 0.4) is 0 Å². The maximum absolute atomic E-state index is 11.1. The van der Waals surface area contributed by atoms with Crippen molar-refractivity contribution in [2.24, 2.45) is 0 Å². The number of carbonyl (C=O) groups is 1. The molecule has 0 saturated carbocycles. The molecule has 0 spiro atoms. The predicted octanol–water partition coefficient (Wildman–Crippen LogP) is 0.560. The van der Waals surface area contributed by atoms with Crippen LogP contribution < -0.4 is 5.48 Å². The van der Waals surface area contributed by atoms with Crippen LogP contribution in [0.4, 0.5) is 0 Å². The number of hydroxylamine groups is 1. The van der Waals surface area contributed by atoms with Crippen LogP contribution in [-0.4, -0.2) is 23.5 Å². The van der Waals surface area contributed by atoms with Gasteiger partial charge in [0.2, 0.25) is 0 Å². The molecule has 0 aliphatic carbocycles. The van der Waals surface area contributed by atoms with Gasteiger partial charge >= 0.3 is 0 Å². The van der Waals surface area contributed by atoms with E-state index in [0.29, 0.717) is 6.61 Å². The molecule has 1 unspecified atom stereocenters. The molecular weight excluding hydrogens is 150 g/mol. The van der Waals surface area contributed by atoms with E-state index >= 15 is 0 Å². The van der Waals surface area contributed by atoms with E-state index in [-0.39, 0.29) is 10.7 Å². The van der Waals surface area contributed by atoms with Gasteiger partial charge in [0.15, 0.2) is 0 Å². The standard InChI is InChI=1S/C6H11NO2S/c1-6(10-2)3-4-9-7-5(6)8/h3-4H2,1-2H3,(H,7,8). The fraction of sp³-hybridized carbons (Fsp3) is 0.833. The average molecular weight is 161 g/mol. The number of nitrogens with one attached hydrogen (secondary N) is 1. The highest BCUT2D eigenvalue weighted by Gasteiger charge is 2.35. The van der Waals surface area contributed by atoms with Crippen molar-refractivity contribution in [2.45, 2.75) is 18.1 Å². The summed E-state index contributed by atoms with van der Waals surface area (Å²) in [6, 6.07) is 0. The first-order valence-electron chi connectivity index (χ1n) is 3.16. The first-order chi connectivity index (χ1) is 4.69. The molecule has 1 N–H and O–H groups in total. The number of thioether (sulfide) groups is 1. The van der Waals surface area contributed by atoms with Gasteiger partial charge in [-0.25, -0.2) is 5.48 Å². The van der Waals surface area contributed by atoms with Crippen LogP contribution in [0.15, 0.2) is 0 Å². The lowest BCUT2D eigenvalue weighted by Gasteiger charge is -2.29. The van der Waals surface area contributed by atoms with Gasteiger partial charge in [-0.3, -0.25) is 9.63 Å². The zero-order chi connectivity index (χ0) is 7.61. The Morgan fingerprint density at radius 2 is 2.50 bits per heavy atom. The molecule has 1 aliphatic heterocycles. The molecule has 1 aliphatic rings.